The molecule has 0 radical (unpaired) electrons. The summed E-state index contributed by atoms with van der Waals surface area (Å²) in [7, 11) is 4.17. The number of urea groups is 1. The zero-order chi connectivity index (χ0) is 19.1. The molecule has 0 bridgehead atoms. The molecule has 142 valence electrons. The Balaban J connectivity index is 1.61. The van der Waals surface area contributed by atoms with E-state index in [1.807, 2.05) is 48.5 Å². The van der Waals surface area contributed by atoms with Gasteiger partial charge in [-0.05, 0) is 51.3 Å². The van der Waals surface area contributed by atoms with Gasteiger partial charge in [-0.25, -0.2) is 9.78 Å². The lowest BCUT2D eigenvalue weighted by Gasteiger charge is -2.13. The van der Waals surface area contributed by atoms with Gasteiger partial charge in [0.2, 0.25) is 0 Å². The molecule has 1 heterocycles. The van der Waals surface area contributed by atoms with Crippen LogP contribution in [0.3, 0.4) is 0 Å². The molecule has 6 heteroatoms. The van der Waals surface area contributed by atoms with E-state index in [9.17, 15) is 4.79 Å². The lowest BCUT2D eigenvalue weighted by molar-refractivity contribution is 0.252. The highest BCUT2D eigenvalue weighted by molar-refractivity contribution is 5.89. The average Bonchev–Trinajstić information content (AvgIpc) is 3.00. The summed E-state index contributed by atoms with van der Waals surface area (Å²) < 4.78 is 2.27. The van der Waals surface area contributed by atoms with Gasteiger partial charge < -0.3 is 20.1 Å². The van der Waals surface area contributed by atoms with Crippen LogP contribution in [0, 0.1) is 0 Å². The fourth-order valence-corrected chi connectivity index (χ4v) is 3.10. The third-order valence-corrected chi connectivity index (χ3v) is 4.39. The number of imidazole rings is 1. The van der Waals surface area contributed by atoms with Gasteiger partial charge in [-0.1, -0.05) is 30.3 Å². The van der Waals surface area contributed by atoms with E-state index in [1.165, 1.54) is 0 Å². The number of nitrogens with one attached hydrogen (secondary N) is 2. The van der Waals surface area contributed by atoms with Gasteiger partial charge >= 0.3 is 6.03 Å². The molecule has 0 fully saturated rings. The van der Waals surface area contributed by atoms with Crippen LogP contribution in [0.15, 0.2) is 54.6 Å². The summed E-state index contributed by atoms with van der Waals surface area (Å²) in [5.41, 5.74) is 2.94. The maximum Gasteiger partial charge on any atom is 0.319 e. The highest BCUT2D eigenvalue weighted by Crippen LogP contribution is 2.17. The molecular formula is C21H27N5O. The predicted molar refractivity (Wildman–Crippen MR) is 110 cm³/mol. The number of benzene rings is 2. The van der Waals surface area contributed by atoms with Crippen molar-refractivity contribution in [2.75, 3.05) is 32.5 Å². The minimum atomic E-state index is -0.198. The number of carbonyl (C=O) groups is 1. The second-order valence-corrected chi connectivity index (χ2v) is 6.82. The summed E-state index contributed by atoms with van der Waals surface area (Å²) in [6.07, 6.45) is 1.75. The molecule has 1 aromatic heterocycles. The molecule has 0 saturated carbocycles. The summed E-state index contributed by atoms with van der Waals surface area (Å²) >= 11 is 0. The standard InChI is InChI=1S/C21H27N5O/c1-25(2)15-8-16-26-19-12-7-6-11-18(19)24-20(26)13-14-22-21(27)23-17-9-4-3-5-10-17/h3-7,9-12H,8,13-16H2,1-2H3,(H2,22,23,27). The van der Waals surface area contributed by atoms with E-state index in [1.54, 1.807) is 0 Å². The number of nitrogens with zero attached hydrogens (tertiary/aromatic N) is 3. The Morgan fingerprint density at radius 3 is 2.59 bits per heavy atom. The van der Waals surface area contributed by atoms with Gasteiger partial charge in [0, 0.05) is 25.2 Å². The molecule has 6 nitrogen and oxygen atoms in total. The van der Waals surface area contributed by atoms with Crippen molar-refractivity contribution in [3.8, 4) is 0 Å². The first-order valence-corrected chi connectivity index (χ1v) is 9.32. The van der Waals surface area contributed by atoms with Gasteiger partial charge in [0.1, 0.15) is 5.82 Å². The van der Waals surface area contributed by atoms with Crippen molar-refractivity contribution in [2.24, 2.45) is 0 Å². The van der Waals surface area contributed by atoms with Crippen LogP contribution in [0.5, 0.6) is 0 Å². The number of anilines is 1. The van der Waals surface area contributed by atoms with E-state index in [4.69, 9.17) is 4.98 Å². The quantitative estimate of drug-likeness (QED) is 0.643. The summed E-state index contributed by atoms with van der Waals surface area (Å²) in [4.78, 5) is 19.0. The highest BCUT2D eigenvalue weighted by atomic mass is 16.2. The first-order chi connectivity index (χ1) is 13.1. The lowest BCUT2D eigenvalue weighted by atomic mass is 10.3. The van der Waals surface area contributed by atoms with Crippen LogP contribution in [-0.2, 0) is 13.0 Å². The molecule has 0 unspecified atom stereocenters. The lowest BCUT2D eigenvalue weighted by Crippen LogP contribution is -2.31. The van der Waals surface area contributed by atoms with Crippen LogP contribution in [0.1, 0.15) is 12.2 Å². The molecule has 0 aliphatic rings. The van der Waals surface area contributed by atoms with Gasteiger partial charge in [0.25, 0.3) is 0 Å². The number of amides is 2. The molecule has 2 amide bonds. The second kappa shape index (κ2) is 9.19. The Morgan fingerprint density at radius 1 is 1.07 bits per heavy atom. The zero-order valence-corrected chi connectivity index (χ0v) is 16.0. The zero-order valence-electron chi connectivity index (χ0n) is 16.0. The molecule has 27 heavy (non-hydrogen) atoms. The predicted octanol–water partition coefficient (Wildman–Crippen LogP) is 3.35. The smallest absolute Gasteiger partial charge is 0.319 e. The third kappa shape index (κ3) is 5.31. The number of para-hydroxylation sites is 3. The number of carbonyl (C=O) groups excluding carboxylic acids is 1. The normalized spacial score (nSPS) is 11.1. The third-order valence-electron chi connectivity index (χ3n) is 4.39. The summed E-state index contributed by atoms with van der Waals surface area (Å²) in [6.45, 7) is 2.49. The first kappa shape index (κ1) is 18.9. The van der Waals surface area contributed by atoms with E-state index in [0.717, 1.165) is 42.1 Å². The van der Waals surface area contributed by atoms with Crippen molar-refractivity contribution >= 4 is 22.8 Å². The van der Waals surface area contributed by atoms with Gasteiger partial charge in [0.05, 0.1) is 11.0 Å². The Labute approximate surface area is 160 Å². The van der Waals surface area contributed by atoms with Gasteiger partial charge in [0.15, 0.2) is 0 Å². The fraction of sp³-hybridized carbons (Fsp3) is 0.333. The average molecular weight is 365 g/mol. The van der Waals surface area contributed by atoms with Crippen LogP contribution in [0.2, 0.25) is 0 Å². The number of hydrogen-bond acceptors (Lipinski definition) is 3. The van der Waals surface area contributed by atoms with Crippen molar-refractivity contribution in [1.82, 2.24) is 19.8 Å². The molecule has 0 aliphatic heterocycles. The Bertz CT molecular complexity index is 873. The Kier molecular flexibility index (Phi) is 6.44. The maximum atomic E-state index is 12.1. The molecule has 0 atom stereocenters. The summed E-state index contributed by atoms with van der Waals surface area (Å²) in [6, 6.07) is 17.4. The number of rotatable bonds is 8. The molecule has 0 aliphatic carbocycles. The summed E-state index contributed by atoms with van der Waals surface area (Å²) in [5.74, 6) is 1.01. The minimum absolute atomic E-state index is 0.198. The molecule has 0 saturated heterocycles. The molecule has 3 rings (SSSR count). The molecule has 2 N–H and O–H groups in total. The van der Waals surface area contributed by atoms with Crippen molar-refractivity contribution in [3.63, 3.8) is 0 Å². The van der Waals surface area contributed by atoms with Crippen molar-refractivity contribution < 1.29 is 4.79 Å². The van der Waals surface area contributed by atoms with Crippen LogP contribution < -0.4 is 10.6 Å². The Hall–Kier alpha value is -2.86. The van der Waals surface area contributed by atoms with Crippen LogP contribution in [0.25, 0.3) is 11.0 Å². The highest BCUT2D eigenvalue weighted by Gasteiger charge is 2.11. The number of hydrogen-bond donors (Lipinski definition) is 2. The van der Waals surface area contributed by atoms with E-state index >= 15 is 0 Å². The van der Waals surface area contributed by atoms with E-state index < -0.39 is 0 Å². The number of aryl methyl sites for hydroxylation is 1. The topological polar surface area (TPSA) is 62.2 Å². The van der Waals surface area contributed by atoms with E-state index in [2.05, 4.69) is 40.3 Å². The molecule has 2 aromatic carbocycles. The van der Waals surface area contributed by atoms with Crippen LogP contribution >= 0.6 is 0 Å². The summed E-state index contributed by atoms with van der Waals surface area (Å²) in [5, 5.41) is 5.75. The van der Waals surface area contributed by atoms with Crippen molar-refractivity contribution in [1.29, 1.82) is 0 Å². The SMILES string of the molecule is CN(C)CCCn1c(CCNC(=O)Nc2ccccc2)nc2ccccc21. The second-order valence-electron chi connectivity index (χ2n) is 6.82. The van der Waals surface area contributed by atoms with E-state index in [0.29, 0.717) is 13.0 Å². The van der Waals surface area contributed by atoms with Crippen molar-refractivity contribution in [2.45, 2.75) is 19.4 Å². The molecule has 0 spiro atoms. The number of aromatic nitrogens is 2. The minimum Gasteiger partial charge on any atom is -0.337 e. The van der Waals surface area contributed by atoms with Crippen LogP contribution in [-0.4, -0.2) is 47.7 Å². The fourth-order valence-electron chi connectivity index (χ4n) is 3.10. The molecule has 3 aromatic rings. The van der Waals surface area contributed by atoms with Crippen molar-refractivity contribution in [3.05, 3.63) is 60.4 Å². The van der Waals surface area contributed by atoms with Gasteiger partial charge in [-0.3, -0.25) is 0 Å². The van der Waals surface area contributed by atoms with Crippen LogP contribution in [0.4, 0.5) is 10.5 Å². The Morgan fingerprint density at radius 2 is 1.81 bits per heavy atom. The number of fused-ring (bicyclic) bond motifs is 1. The van der Waals surface area contributed by atoms with Gasteiger partial charge in [-0.2, -0.15) is 0 Å². The van der Waals surface area contributed by atoms with E-state index in [-0.39, 0.29) is 6.03 Å². The molecular weight excluding hydrogens is 338 g/mol. The maximum absolute atomic E-state index is 12.1. The monoisotopic (exact) mass is 365 g/mol. The van der Waals surface area contributed by atoms with Gasteiger partial charge in [-0.15, -0.1) is 0 Å². The first-order valence-electron chi connectivity index (χ1n) is 9.32. The largest absolute Gasteiger partial charge is 0.337 e.